The van der Waals surface area contributed by atoms with Gasteiger partial charge in [-0.15, -0.1) is 0 Å². The van der Waals surface area contributed by atoms with E-state index in [-0.39, 0.29) is 10.6 Å². The molecule has 6 nitrogen and oxygen atoms in total. The van der Waals surface area contributed by atoms with E-state index < -0.39 is 0 Å². The highest BCUT2D eigenvalue weighted by Gasteiger charge is 2.23. The van der Waals surface area contributed by atoms with Crippen molar-refractivity contribution in [3.63, 3.8) is 0 Å². The first-order chi connectivity index (χ1) is 12.6. The number of piperazine rings is 1. The average Bonchev–Trinajstić information content (AvgIpc) is 2.66. The van der Waals surface area contributed by atoms with Crippen molar-refractivity contribution in [2.24, 2.45) is 0 Å². The lowest BCUT2D eigenvalue weighted by Crippen LogP contribution is -3.27. The molecule has 26 heavy (non-hydrogen) atoms. The third-order valence-corrected chi connectivity index (χ3v) is 4.95. The van der Waals surface area contributed by atoms with Crippen LogP contribution in [-0.4, -0.2) is 37.7 Å². The Bertz CT molecular complexity index is 708. The summed E-state index contributed by atoms with van der Waals surface area (Å²) in [5, 5.41) is 10.7. The van der Waals surface area contributed by atoms with Gasteiger partial charge < -0.3 is 14.5 Å². The Kier molecular flexibility index (Phi) is 6.20. The minimum Gasteiger partial charge on any atom is -0.494 e. The molecule has 2 aromatic rings. The quantitative estimate of drug-likeness (QED) is 0.560. The first-order valence-corrected chi connectivity index (χ1v) is 9.26. The van der Waals surface area contributed by atoms with Gasteiger partial charge in [-0.3, -0.25) is 10.1 Å². The second-order valence-electron chi connectivity index (χ2n) is 6.85. The van der Waals surface area contributed by atoms with Gasteiger partial charge in [0, 0.05) is 23.3 Å². The smallest absolute Gasteiger partial charge is 0.269 e. The van der Waals surface area contributed by atoms with Crippen LogP contribution in [0.15, 0.2) is 48.5 Å². The molecule has 0 saturated carbocycles. The molecule has 1 saturated heterocycles. The molecule has 2 aromatic carbocycles. The van der Waals surface area contributed by atoms with Gasteiger partial charge in [-0.1, -0.05) is 0 Å². The van der Waals surface area contributed by atoms with Crippen LogP contribution in [0.25, 0.3) is 0 Å². The highest BCUT2D eigenvalue weighted by atomic mass is 16.6. The molecule has 0 atom stereocenters. The van der Waals surface area contributed by atoms with E-state index in [9.17, 15) is 10.1 Å². The van der Waals surface area contributed by atoms with Crippen LogP contribution in [0.3, 0.4) is 0 Å². The summed E-state index contributed by atoms with van der Waals surface area (Å²) in [6, 6.07) is 15.4. The van der Waals surface area contributed by atoms with Crippen LogP contribution in [0.1, 0.15) is 18.1 Å². The summed E-state index contributed by atoms with van der Waals surface area (Å²) in [5.41, 5.74) is 2.68. The molecular weight excluding hydrogens is 330 g/mol. The summed E-state index contributed by atoms with van der Waals surface area (Å²) in [4.78, 5) is 13.5. The minimum atomic E-state index is -0.348. The predicted molar refractivity (Wildman–Crippen MR) is 99.5 cm³/mol. The maximum Gasteiger partial charge on any atom is 0.269 e. The van der Waals surface area contributed by atoms with Gasteiger partial charge in [0.25, 0.3) is 5.69 Å². The van der Waals surface area contributed by atoms with Crippen LogP contribution in [-0.2, 0) is 13.1 Å². The molecule has 1 aliphatic rings. The Morgan fingerprint density at radius 3 is 1.77 bits per heavy atom. The van der Waals surface area contributed by atoms with Gasteiger partial charge in [0.1, 0.15) is 45.0 Å². The largest absolute Gasteiger partial charge is 0.494 e. The molecule has 0 amide bonds. The fraction of sp³-hybridized carbons (Fsp3) is 0.400. The molecule has 1 fully saturated rings. The first kappa shape index (κ1) is 18.4. The van der Waals surface area contributed by atoms with E-state index in [0.717, 1.165) is 45.0 Å². The zero-order valence-corrected chi connectivity index (χ0v) is 15.2. The SMILES string of the molecule is CCOc1ccc(C[NH+]2CC[NH+](Cc3ccc([N+](=O)[O-])cc3)CC2)cc1. The van der Waals surface area contributed by atoms with Crippen molar-refractivity contribution in [3.05, 3.63) is 69.8 Å². The van der Waals surface area contributed by atoms with E-state index in [1.54, 1.807) is 21.9 Å². The van der Waals surface area contributed by atoms with Crippen LogP contribution in [0.2, 0.25) is 0 Å². The lowest BCUT2D eigenvalue weighted by Gasteiger charge is -2.29. The van der Waals surface area contributed by atoms with Gasteiger partial charge in [0.05, 0.1) is 11.5 Å². The molecule has 0 bridgehead atoms. The van der Waals surface area contributed by atoms with Crippen LogP contribution < -0.4 is 14.5 Å². The van der Waals surface area contributed by atoms with E-state index in [1.807, 2.05) is 31.2 Å². The van der Waals surface area contributed by atoms with Crippen molar-refractivity contribution in [2.75, 3.05) is 32.8 Å². The predicted octanol–water partition coefficient (Wildman–Crippen LogP) is 0.477. The number of nitro benzene ring substituents is 1. The molecule has 1 heterocycles. The Morgan fingerprint density at radius 1 is 0.885 bits per heavy atom. The maximum absolute atomic E-state index is 10.7. The van der Waals surface area contributed by atoms with E-state index in [0.29, 0.717) is 6.61 Å². The zero-order valence-electron chi connectivity index (χ0n) is 15.2. The van der Waals surface area contributed by atoms with Crippen molar-refractivity contribution in [1.29, 1.82) is 0 Å². The summed E-state index contributed by atoms with van der Waals surface area (Å²) < 4.78 is 5.49. The van der Waals surface area contributed by atoms with E-state index in [4.69, 9.17) is 4.74 Å². The number of nitrogens with one attached hydrogen (secondary N) is 2. The number of nitrogens with zero attached hydrogens (tertiary/aromatic N) is 1. The van der Waals surface area contributed by atoms with E-state index in [1.165, 1.54) is 11.1 Å². The molecule has 3 rings (SSSR count). The van der Waals surface area contributed by atoms with Gasteiger partial charge in [-0.25, -0.2) is 0 Å². The van der Waals surface area contributed by atoms with Crippen LogP contribution in [0, 0.1) is 10.1 Å². The number of hydrogen-bond acceptors (Lipinski definition) is 3. The van der Waals surface area contributed by atoms with Crippen LogP contribution >= 0.6 is 0 Å². The number of hydrogen-bond donors (Lipinski definition) is 2. The van der Waals surface area contributed by atoms with Gasteiger partial charge in [-0.2, -0.15) is 0 Å². The molecule has 6 heteroatoms. The highest BCUT2D eigenvalue weighted by Crippen LogP contribution is 2.12. The van der Waals surface area contributed by atoms with Gasteiger partial charge in [0.2, 0.25) is 0 Å². The highest BCUT2D eigenvalue weighted by molar-refractivity contribution is 5.32. The third-order valence-electron chi connectivity index (χ3n) is 4.95. The van der Waals surface area contributed by atoms with Crippen molar-refractivity contribution >= 4 is 5.69 Å². The maximum atomic E-state index is 10.7. The Balaban J connectivity index is 1.45. The second kappa shape index (κ2) is 8.78. The lowest BCUT2D eigenvalue weighted by molar-refractivity contribution is -1.02. The number of quaternary nitrogens is 2. The number of nitro groups is 1. The molecule has 0 unspecified atom stereocenters. The van der Waals surface area contributed by atoms with Crippen molar-refractivity contribution in [3.8, 4) is 5.75 Å². The second-order valence-corrected chi connectivity index (χ2v) is 6.85. The lowest BCUT2D eigenvalue weighted by atomic mass is 10.1. The summed E-state index contributed by atoms with van der Waals surface area (Å²) in [6.45, 7) is 9.24. The van der Waals surface area contributed by atoms with Gasteiger partial charge in [-0.05, 0) is 43.3 Å². The Hall–Kier alpha value is -2.44. The normalized spacial score (nSPS) is 19.9. The molecule has 2 N–H and O–H groups in total. The summed E-state index contributed by atoms with van der Waals surface area (Å²) in [6.07, 6.45) is 0. The molecule has 0 radical (unpaired) electrons. The number of ether oxygens (including phenoxy) is 1. The Labute approximate surface area is 154 Å². The summed E-state index contributed by atoms with van der Waals surface area (Å²) >= 11 is 0. The van der Waals surface area contributed by atoms with Crippen molar-refractivity contribution in [1.82, 2.24) is 0 Å². The van der Waals surface area contributed by atoms with Crippen molar-refractivity contribution < 1.29 is 19.5 Å². The van der Waals surface area contributed by atoms with Crippen LogP contribution in [0.4, 0.5) is 5.69 Å². The number of rotatable bonds is 7. The monoisotopic (exact) mass is 357 g/mol. The molecule has 138 valence electrons. The molecule has 0 spiro atoms. The van der Waals surface area contributed by atoms with Crippen molar-refractivity contribution in [2.45, 2.75) is 20.0 Å². The Morgan fingerprint density at radius 2 is 1.35 bits per heavy atom. The van der Waals surface area contributed by atoms with Gasteiger partial charge >= 0.3 is 0 Å². The zero-order chi connectivity index (χ0) is 18.4. The fourth-order valence-electron chi connectivity index (χ4n) is 3.49. The van der Waals surface area contributed by atoms with E-state index in [2.05, 4.69) is 12.1 Å². The molecule has 1 aliphatic heterocycles. The summed E-state index contributed by atoms with van der Waals surface area (Å²) in [5.74, 6) is 0.934. The number of non-ortho nitro benzene ring substituents is 1. The van der Waals surface area contributed by atoms with E-state index >= 15 is 0 Å². The average molecular weight is 357 g/mol. The molecule has 0 aromatic heterocycles. The molecular formula is C20H27N3O3+2. The minimum absolute atomic E-state index is 0.161. The first-order valence-electron chi connectivity index (χ1n) is 9.26. The number of benzene rings is 2. The molecule has 0 aliphatic carbocycles. The van der Waals surface area contributed by atoms with Crippen LogP contribution in [0.5, 0.6) is 5.75 Å². The van der Waals surface area contributed by atoms with Gasteiger partial charge in [0.15, 0.2) is 0 Å². The standard InChI is InChI=1S/C20H25N3O3/c1-2-26-20-9-5-18(6-10-20)16-22-13-11-21(12-14-22)15-17-3-7-19(8-4-17)23(24)25/h3-10H,2,11-16H2,1H3/p+2. The summed E-state index contributed by atoms with van der Waals surface area (Å²) in [7, 11) is 0. The third kappa shape index (κ3) is 5.03. The topological polar surface area (TPSA) is 61.2 Å². The fourth-order valence-corrected chi connectivity index (χ4v) is 3.49.